The minimum atomic E-state index is -0.236. The number of hydrogen-bond acceptors (Lipinski definition) is 3. The lowest BCUT2D eigenvalue weighted by Crippen LogP contribution is -2.30. The number of aryl methyl sites for hydroxylation is 1. The van der Waals surface area contributed by atoms with Gasteiger partial charge in [0.1, 0.15) is 0 Å². The van der Waals surface area contributed by atoms with Crippen molar-refractivity contribution in [1.29, 1.82) is 5.26 Å². The zero-order valence-electron chi connectivity index (χ0n) is 9.65. The molecule has 86 valence electrons. The molecule has 1 fully saturated rings. The highest BCUT2D eigenvalue weighted by Gasteiger charge is 2.33. The highest BCUT2D eigenvalue weighted by Crippen LogP contribution is 2.33. The molecule has 0 spiro atoms. The van der Waals surface area contributed by atoms with Gasteiger partial charge in [-0.25, -0.2) is 0 Å². The van der Waals surface area contributed by atoms with E-state index in [1.807, 2.05) is 17.1 Å². The van der Waals surface area contributed by atoms with Crippen LogP contribution in [0.15, 0.2) is 12.4 Å². The number of aromatic nitrogens is 2. The Morgan fingerprint density at radius 1 is 1.56 bits per heavy atom. The summed E-state index contributed by atoms with van der Waals surface area (Å²) in [5.74, 6) is 0. The Hall–Kier alpha value is -1.34. The molecule has 1 saturated heterocycles. The topological polar surface area (TPSA) is 50.8 Å². The van der Waals surface area contributed by atoms with Crippen LogP contribution in [0.3, 0.4) is 0 Å². The number of hydrogen-bond donors (Lipinski definition) is 0. The fourth-order valence-electron chi connectivity index (χ4n) is 2.15. The normalized spacial score (nSPS) is 19.2. The van der Waals surface area contributed by atoms with Gasteiger partial charge in [-0.2, -0.15) is 10.4 Å². The first-order chi connectivity index (χ1) is 7.78. The highest BCUT2D eigenvalue weighted by atomic mass is 16.5. The van der Waals surface area contributed by atoms with Crippen molar-refractivity contribution in [2.45, 2.75) is 32.7 Å². The smallest absolute Gasteiger partial charge is 0.0695 e. The van der Waals surface area contributed by atoms with Gasteiger partial charge in [0.15, 0.2) is 0 Å². The fraction of sp³-hybridized carbons (Fsp3) is 0.667. The summed E-state index contributed by atoms with van der Waals surface area (Å²) < 4.78 is 7.22. The minimum absolute atomic E-state index is 0.236. The van der Waals surface area contributed by atoms with Crippen molar-refractivity contribution in [2.75, 3.05) is 13.2 Å². The van der Waals surface area contributed by atoms with Crippen LogP contribution >= 0.6 is 0 Å². The molecule has 0 N–H and O–H groups in total. The second-order valence-electron chi connectivity index (χ2n) is 4.39. The molecule has 0 saturated carbocycles. The quantitative estimate of drug-likeness (QED) is 0.778. The van der Waals surface area contributed by atoms with Crippen molar-refractivity contribution < 1.29 is 4.74 Å². The van der Waals surface area contributed by atoms with Crippen molar-refractivity contribution in [1.82, 2.24) is 9.78 Å². The number of ether oxygens (including phenoxy) is 1. The van der Waals surface area contributed by atoms with Gasteiger partial charge in [0.25, 0.3) is 0 Å². The molecule has 4 nitrogen and oxygen atoms in total. The van der Waals surface area contributed by atoms with Gasteiger partial charge in [0.2, 0.25) is 0 Å². The Balaban J connectivity index is 2.09. The van der Waals surface area contributed by atoms with Gasteiger partial charge in [0, 0.05) is 26.0 Å². The Kier molecular flexibility index (Phi) is 3.25. The first kappa shape index (κ1) is 11.2. The Morgan fingerprint density at radius 3 is 2.88 bits per heavy atom. The summed E-state index contributed by atoms with van der Waals surface area (Å²) in [4.78, 5) is 0. The predicted molar refractivity (Wildman–Crippen MR) is 59.7 cm³/mol. The first-order valence-electron chi connectivity index (χ1n) is 5.78. The van der Waals surface area contributed by atoms with Crippen molar-refractivity contribution >= 4 is 0 Å². The van der Waals surface area contributed by atoms with Gasteiger partial charge in [-0.05, 0) is 31.7 Å². The van der Waals surface area contributed by atoms with Crippen LogP contribution in [-0.4, -0.2) is 23.0 Å². The highest BCUT2D eigenvalue weighted by molar-refractivity contribution is 5.13. The number of nitriles is 1. The molecular weight excluding hydrogens is 202 g/mol. The maximum Gasteiger partial charge on any atom is 0.0695 e. The molecule has 2 rings (SSSR count). The van der Waals surface area contributed by atoms with Crippen LogP contribution in [0.4, 0.5) is 0 Å². The van der Waals surface area contributed by atoms with Crippen LogP contribution in [0.2, 0.25) is 0 Å². The van der Waals surface area contributed by atoms with Gasteiger partial charge >= 0.3 is 0 Å². The summed E-state index contributed by atoms with van der Waals surface area (Å²) in [6, 6.07) is 2.48. The Labute approximate surface area is 95.8 Å². The zero-order chi connectivity index (χ0) is 11.4. The van der Waals surface area contributed by atoms with E-state index in [1.54, 1.807) is 0 Å². The van der Waals surface area contributed by atoms with Crippen molar-refractivity contribution in [3.63, 3.8) is 0 Å². The molecule has 4 heteroatoms. The van der Waals surface area contributed by atoms with Crippen molar-refractivity contribution in [2.24, 2.45) is 5.41 Å². The second kappa shape index (κ2) is 4.67. The largest absolute Gasteiger partial charge is 0.381 e. The average Bonchev–Trinajstić information content (AvgIpc) is 2.78. The van der Waals surface area contributed by atoms with Gasteiger partial charge in [-0.3, -0.25) is 4.68 Å². The minimum Gasteiger partial charge on any atom is -0.381 e. The maximum absolute atomic E-state index is 9.33. The number of nitrogens with zero attached hydrogens (tertiary/aromatic N) is 3. The Bertz CT molecular complexity index is 385. The molecule has 0 bridgehead atoms. The molecule has 1 aromatic rings. The third-order valence-corrected chi connectivity index (χ3v) is 3.24. The molecule has 0 radical (unpaired) electrons. The summed E-state index contributed by atoms with van der Waals surface area (Å²) in [5.41, 5.74) is 0.921. The van der Waals surface area contributed by atoms with E-state index < -0.39 is 0 Å². The van der Waals surface area contributed by atoms with E-state index >= 15 is 0 Å². The monoisotopic (exact) mass is 219 g/mol. The lowest BCUT2D eigenvalue weighted by molar-refractivity contribution is 0.0406. The van der Waals surface area contributed by atoms with Crippen molar-refractivity contribution in [3.8, 4) is 6.07 Å². The first-order valence-corrected chi connectivity index (χ1v) is 5.78. The summed E-state index contributed by atoms with van der Waals surface area (Å²) in [5, 5.41) is 13.6. The second-order valence-corrected chi connectivity index (χ2v) is 4.39. The van der Waals surface area contributed by atoms with Crippen LogP contribution in [0.5, 0.6) is 0 Å². The molecule has 0 aromatic carbocycles. The number of rotatable bonds is 3. The van der Waals surface area contributed by atoms with Gasteiger partial charge in [-0.15, -0.1) is 0 Å². The SMILES string of the molecule is CCn1cc(CC2(C#N)CCOCC2)cn1. The van der Waals surface area contributed by atoms with E-state index in [-0.39, 0.29) is 5.41 Å². The molecule has 0 aliphatic carbocycles. The molecule has 1 aliphatic rings. The molecule has 0 atom stereocenters. The van der Waals surface area contributed by atoms with Crippen molar-refractivity contribution in [3.05, 3.63) is 18.0 Å². The molecule has 0 unspecified atom stereocenters. The summed E-state index contributed by atoms with van der Waals surface area (Å²) >= 11 is 0. The molecule has 0 amide bonds. The van der Waals surface area contributed by atoms with Gasteiger partial charge in [-0.1, -0.05) is 0 Å². The van der Waals surface area contributed by atoms with E-state index in [4.69, 9.17) is 4.74 Å². The summed E-state index contributed by atoms with van der Waals surface area (Å²) in [6.45, 7) is 4.35. The van der Waals surface area contributed by atoms with Gasteiger partial charge in [0.05, 0.1) is 17.7 Å². The van der Waals surface area contributed by atoms with Crippen LogP contribution in [-0.2, 0) is 17.7 Å². The van der Waals surface area contributed by atoms with E-state index in [0.29, 0.717) is 13.2 Å². The molecule has 16 heavy (non-hydrogen) atoms. The lowest BCUT2D eigenvalue weighted by Gasteiger charge is -2.30. The van der Waals surface area contributed by atoms with Crippen LogP contribution < -0.4 is 0 Å². The van der Waals surface area contributed by atoms with E-state index in [1.165, 1.54) is 0 Å². The third kappa shape index (κ3) is 2.25. The van der Waals surface area contributed by atoms with Crippen LogP contribution in [0.1, 0.15) is 25.3 Å². The summed E-state index contributed by atoms with van der Waals surface area (Å²) in [6.07, 6.45) is 6.38. The molecule has 1 aromatic heterocycles. The van der Waals surface area contributed by atoms with Crippen LogP contribution in [0, 0.1) is 16.7 Å². The maximum atomic E-state index is 9.33. The lowest BCUT2D eigenvalue weighted by atomic mass is 9.77. The average molecular weight is 219 g/mol. The standard InChI is InChI=1S/C12H17N3O/c1-2-15-9-11(8-14-15)7-12(10-13)3-5-16-6-4-12/h8-9H,2-7H2,1H3. The van der Waals surface area contributed by atoms with E-state index in [0.717, 1.165) is 31.4 Å². The van der Waals surface area contributed by atoms with E-state index in [2.05, 4.69) is 18.1 Å². The van der Waals surface area contributed by atoms with E-state index in [9.17, 15) is 5.26 Å². The third-order valence-electron chi connectivity index (χ3n) is 3.24. The van der Waals surface area contributed by atoms with Gasteiger partial charge < -0.3 is 4.74 Å². The zero-order valence-corrected chi connectivity index (χ0v) is 9.65. The Morgan fingerprint density at radius 2 is 2.31 bits per heavy atom. The predicted octanol–water partition coefficient (Wildman–Crippen LogP) is 1.77. The summed E-state index contributed by atoms with van der Waals surface area (Å²) in [7, 11) is 0. The molecular formula is C12H17N3O. The molecule has 1 aliphatic heterocycles. The molecule has 2 heterocycles. The van der Waals surface area contributed by atoms with Crippen LogP contribution in [0.25, 0.3) is 0 Å². The fourth-order valence-corrected chi connectivity index (χ4v) is 2.15.